The van der Waals surface area contributed by atoms with Gasteiger partial charge >= 0.3 is 0 Å². The molecule has 22 heavy (non-hydrogen) atoms. The number of benzene rings is 1. The molecule has 110 valence electrons. The molecule has 0 spiro atoms. The molecule has 0 unspecified atom stereocenters. The monoisotopic (exact) mass is 293 g/mol. The lowest BCUT2D eigenvalue weighted by atomic mass is 10.1. The molecule has 1 aromatic heterocycles. The number of carbonyl (C=O) groups is 1. The Morgan fingerprint density at radius 2 is 1.91 bits per heavy atom. The maximum Gasteiger partial charge on any atom is 0.244 e. The zero-order chi connectivity index (χ0) is 15.6. The fourth-order valence-electron chi connectivity index (χ4n) is 1.65. The molecule has 6 nitrogen and oxygen atoms in total. The van der Waals surface area contributed by atoms with Crippen LogP contribution in [0.2, 0.25) is 0 Å². The number of carbonyl (C=O) groups excluding carboxylic acids is 1. The third-order valence-corrected chi connectivity index (χ3v) is 2.74. The van der Waals surface area contributed by atoms with E-state index in [-0.39, 0.29) is 5.91 Å². The van der Waals surface area contributed by atoms with Gasteiger partial charge in [-0.1, -0.05) is 12.1 Å². The van der Waals surface area contributed by atoms with E-state index in [4.69, 9.17) is 5.26 Å². The molecule has 0 fully saturated rings. The minimum absolute atomic E-state index is 0.180. The van der Waals surface area contributed by atoms with Crippen LogP contribution in [0.5, 0.6) is 0 Å². The van der Waals surface area contributed by atoms with E-state index in [2.05, 4.69) is 20.6 Å². The molecule has 0 atom stereocenters. The Kier molecular flexibility index (Phi) is 5.64. The van der Waals surface area contributed by atoms with Gasteiger partial charge in [-0.3, -0.25) is 4.79 Å². The quantitative estimate of drug-likeness (QED) is 0.623. The molecule has 0 saturated carbocycles. The molecule has 0 aliphatic rings. The van der Waals surface area contributed by atoms with E-state index in [1.165, 1.54) is 6.08 Å². The Balaban J connectivity index is 1.71. The summed E-state index contributed by atoms with van der Waals surface area (Å²) >= 11 is 0. The number of anilines is 1. The molecule has 2 N–H and O–H groups in total. The molecule has 0 aliphatic heterocycles. The smallest absolute Gasteiger partial charge is 0.244 e. The standard InChI is InChI=1S/C16H15N5O/c17-12-14-4-2-13(3-5-14)6-7-15(22)18-10-11-21-16-19-8-1-9-20-16/h1-9H,10-11H2,(H,18,22)(H,19,20,21)/b7-6-. The maximum absolute atomic E-state index is 11.6. The topological polar surface area (TPSA) is 90.7 Å². The Morgan fingerprint density at radius 3 is 2.59 bits per heavy atom. The second kappa shape index (κ2) is 8.17. The largest absolute Gasteiger partial charge is 0.352 e. The lowest BCUT2D eigenvalue weighted by Crippen LogP contribution is -2.27. The molecule has 2 rings (SSSR count). The minimum atomic E-state index is -0.180. The van der Waals surface area contributed by atoms with Crippen LogP contribution in [-0.2, 0) is 4.79 Å². The van der Waals surface area contributed by atoms with Gasteiger partial charge in [-0.05, 0) is 29.8 Å². The van der Waals surface area contributed by atoms with Crippen molar-refractivity contribution >= 4 is 17.9 Å². The molecule has 2 aromatic rings. The number of hydrogen-bond donors (Lipinski definition) is 2. The van der Waals surface area contributed by atoms with Crippen molar-refractivity contribution in [1.82, 2.24) is 15.3 Å². The van der Waals surface area contributed by atoms with Crippen molar-refractivity contribution in [3.8, 4) is 6.07 Å². The summed E-state index contributed by atoms with van der Waals surface area (Å²) < 4.78 is 0. The highest BCUT2D eigenvalue weighted by Crippen LogP contribution is 2.04. The Morgan fingerprint density at radius 1 is 1.18 bits per heavy atom. The third kappa shape index (κ3) is 5.06. The summed E-state index contributed by atoms with van der Waals surface area (Å²) in [5.41, 5.74) is 1.46. The first-order valence-corrected chi connectivity index (χ1v) is 6.75. The number of rotatable bonds is 6. The molecule has 0 bridgehead atoms. The first-order valence-electron chi connectivity index (χ1n) is 6.75. The normalized spacial score (nSPS) is 10.1. The third-order valence-electron chi connectivity index (χ3n) is 2.74. The van der Waals surface area contributed by atoms with Crippen LogP contribution in [0, 0.1) is 11.3 Å². The molecular formula is C16H15N5O. The van der Waals surface area contributed by atoms with E-state index in [9.17, 15) is 4.79 Å². The second-order valence-corrected chi connectivity index (χ2v) is 4.36. The van der Waals surface area contributed by atoms with Crippen LogP contribution in [0.25, 0.3) is 6.08 Å². The van der Waals surface area contributed by atoms with Gasteiger partial charge in [0.1, 0.15) is 0 Å². The number of aromatic nitrogens is 2. The summed E-state index contributed by atoms with van der Waals surface area (Å²) in [6, 6.07) is 10.8. The molecule has 1 amide bonds. The van der Waals surface area contributed by atoms with Gasteiger partial charge in [-0.15, -0.1) is 0 Å². The highest BCUT2D eigenvalue weighted by Gasteiger charge is 1.96. The van der Waals surface area contributed by atoms with Gasteiger partial charge in [0.25, 0.3) is 0 Å². The summed E-state index contributed by atoms with van der Waals surface area (Å²) in [6.45, 7) is 1.01. The molecule has 1 aromatic carbocycles. The summed E-state index contributed by atoms with van der Waals surface area (Å²) in [7, 11) is 0. The molecule has 1 heterocycles. The predicted octanol–water partition coefficient (Wildman–Crippen LogP) is 1.59. The van der Waals surface area contributed by atoms with Crippen molar-refractivity contribution in [3.05, 3.63) is 59.9 Å². The van der Waals surface area contributed by atoms with Crippen LogP contribution in [0.3, 0.4) is 0 Å². The van der Waals surface area contributed by atoms with Gasteiger partial charge in [-0.2, -0.15) is 5.26 Å². The second-order valence-electron chi connectivity index (χ2n) is 4.36. The number of nitriles is 1. The van der Waals surface area contributed by atoms with Gasteiger partial charge in [0.05, 0.1) is 11.6 Å². The number of hydrogen-bond acceptors (Lipinski definition) is 5. The van der Waals surface area contributed by atoms with Gasteiger partial charge in [0.2, 0.25) is 11.9 Å². The van der Waals surface area contributed by atoms with E-state index < -0.39 is 0 Å². The van der Waals surface area contributed by atoms with Crippen LogP contribution >= 0.6 is 0 Å². The van der Waals surface area contributed by atoms with Crippen LogP contribution in [0.1, 0.15) is 11.1 Å². The van der Waals surface area contributed by atoms with E-state index in [1.807, 2.05) is 6.07 Å². The Labute approximate surface area is 128 Å². The van der Waals surface area contributed by atoms with E-state index in [0.29, 0.717) is 24.6 Å². The number of amides is 1. The van der Waals surface area contributed by atoms with E-state index in [0.717, 1.165) is 5.56 Å². The highest BCUT2D eigenvalue weighted by molar-refractivity contribution is 5.91. The zero-order valence-electron chi connectivity index (χ0n) is 11.9. The predicted molar refractivity (Wildman–Crippen MR) is 83.7 cm³/mol. The fourth-order valence-corrected chi connectivity index (χ4v) is 1.65. The van der Waals surface area contributed by atoms with Gasteiger partial charge in [-0.25, -0.2) is 9.97 Å². The highest BCUT2D eigenvalue weighted by atomic mass is 16.1. The van der Waals surface area contributed by atoms with Crippen molar-refractivity contribution in [1.29, 1.82) is 5.26 Å². The summed E-state index contributed by atoms with van der Waals surface area (Å²) in [6.07, 6.45) is 6.45. The molecular weight excluding hydrogens is 278 g/mol. The summed E-state index contributed by atoms with van der Waals surface area (Å²) in [4.78, 5) is 19.7. The van der Waals surface area contributed by atoms with Crippen LogP contribution < -0.4 is 10.6 Å². The summed E-state index contributed by atoms with van der Waals surface area (Å²) in [5.74, 6) is 0.352. The first kappa shape index (κ1) is 15.2. The van der Waals surface area contributed by atoms with Crippen molar-refractivity contribution < 1.29 is 4.79 Å². The Bertz CT molecular complexity index is 674. The SMILES string of the molecule is N#Cc1ccc(/C=C\C(=O)NCCNc2ncccn2)cc1. The van der Waals surface area contributed by atoms with Gasteiger partial charge in [0, 0.05) is 31.6 Å². The number of nitrogens with one attached hydrogen (secondary N) is 2. The summed E-state index contributed by atoms with van der Waals surface area (Å²) in [5, 5.41) is 14.4. The lowest BCUT2D eigenvalue weighted by Gasteiger charge is -2.04. The molecule has 0 saturated heterocycles. The van der Waals surface area contributed by atoms with Crippen molar-refractivity contribution in [2.24, 2.45) is 0 Å². The lowest BCUT2D eigenvalue weighted by molar-refractivity contribution is -0.116. The van der Waals surface area contributed by atoms with Crippen molar-refractivity contribution in [2.45, 2.75) is 0 Å². The number of nitrogens with zero attached hydrogens (tertiary/aromatic N) is 3. The van der Waals surface area contributed by atoms with Gasteiger partial charge in [0.15, 0.2) is 0 Å². The first-order chi connectivity index (χ1) is 10.8. The molecule has 6 heteroatoms. The van der Waals surface area contributed by atoms with Crippen molar-refractivity contribution in [2.75, 3.05) is 18.4 Å². The van der Waals surface area contributed by atoms with Crippen LogP contribution in [-0.4, -0.2) is 29.0 Å². The van der Waals surface area contributed by atoms with E-state index >= 15 is 0 Å². The average Bonchev–Trinajstić information content (AvgIpc) is 2.58. The average molecular weight is 293 g/mol. The Hall–Kier alpha value is -3.20. The zero-order valence-corrected chi connectivity index (χ0v) is 11.9. The molecule has 0 radical (unpaired) electrons. The van der Waals surface area contributed by atoms with Gasteiger partial charge < -0.3 is 10.6 Å². The van der Waals surface area contributed by atoms with Crippen LogP contribution in [0.4, 0.5) is 5.95 Å². The van der Waals surface area contributed by atoms with E-state index in [1.54, 1.807) is 48.8 Å². The minimum Gasteiger partial charge on any atom is -0.352 e. The fraction of sp³-hybridized carbons (Fsp3) is 0.125. The maximum atomic E-state index is 11.6. The van der Waals surface area contributed by atoms with Crippen LogP contribution in [0.15, 0.2) is 48.8 Å². The molecule has 0 aliphatic carbocycles. The van der Waals surface area contributed by atoms with Crippen molar-refractivity contribution in [3.63, 3.8) is 0 Å².